The van der Waals surface area contributed by atoms with Gasteiger partial charge in [0, 0.05) is 30.1 Å². The Morgan fingerprint density at radius 3 is 2.50 bits per heavy atom. The summed E-state index contributed by atoms with van der Waals surface area (Å²) in [5.74, 6) is -1.90. The second-order valence-corrected chi connectivity index (χ2v) is 7.47. The van der Waals surface area contributed by atoms with Crippen molar-refractivity contribution in [1.82, 2.24) is 20.6 Å². The number of ether oxygens (including phenoxy) is 1. The zero-order chi connectivity index (χ0) is 22.7. The summed E-state index contributed by atoms with van der Waals surface area (Å²) in [4.78, 5) is 32.5. The van der Waals surface area contributed by atoms with Gasteiger partial charge in [0.2, 0.25) is 5.91 Å². The van der Waals surface area contributed by atoms with Gasteiger partial charge >= 0.3 is 0 Å². The van der Waals surface area contributed by atoms with Crippen LogP contribution in [0.3, 0.4) is 0 Å². The van der Waals surface area contributed by atoms with Gasteiger partial charge in [-0.2, -0.15) is 0 Å². The fourth-order valence-corrected chi connectivity index (χ4v) is 3.39. The Balaban J connectivity index is 1.43. The van der Waals surface area contributed by atoms with Crippen LogP contribution in [0.2, 0.25) is 0 Å². The van der Waals surface area contributed by atoms with Gasteiger partial charge in [-0.25, -0.2) is 18.7 Å². The second-order valence-electron chi connectivity index (χ2n) is 7.47. The summed E-state index contributed by atoms with van der Waals surface area (Å²) in [7, 11) is 1.35. The second kappa shape index (κ2) is 8.70. The van der Waals surface area contributed by atoms with Crippen LogP contribution in [0.1, 0.15) is 28.8 Å². The summed E-state index contributed by atoms with van der Waals surface area (Å²) in [5, 5.41) is 5.39. The van der Waals surface area contributed by atoms with Crippen molar-refractivity contribution in [2.75, 3.05) is 7.11 Å². The number of aromatic nitrogens is 2. The first kappa shape index (κ1) is 21.4. The number of hydrogen-bond acceptors (Lipinski definition) is 5. The Hall–Kier alpha value is -3.88. The number of rotatable bonds is 7. The number of nitrogens with zero attached hydrogens (tertiary/aromatic N) is 2. The molecular formula is C23H20F2N4O3. The van der Waals surface area contributed by atoms with Crippen LogP contribution >= 0.6 is 0 Å². The lowest BCUT2D eigenvalue weighted by atomic mass is 10.0. The van der Waals surface area contributed by atoms with Gasteiger partial charge in [0.1, 0.15) is 17.7 Å². The molecule has 0 aliphatic heterocycles. The van der Waals surface area contributed by atoms with Crippen molar-refractivity contribution in [3.8, 4) is 16.9 Å². The predicted octanol–water partition coefficient (Wildman–Crippen LogP) is 3.01. The van der Waals surface area contributed by atoms with Crippen LogP contribution in [0, 0.1) is 11.6 Å². The zero-order valence-corrected chi connectivity index (χ0v) is 17.2. The molecule has 1 saturated carbocycles. The molecule has 0 unspecified atom stereocenters. The first-order valence-electron chi connectivity index (χ1n) is 9.90. The SMILES string of the molecule is COc1c(F)cccc1-c1ccc(CNC(=O)C2(NC(=O)c3cncnc3)CC2)c(F)c1. The third-order valence-corrected chi connectivity index (χ3v) is 5.33. The molecule has 7 nitrogen and oxygen atoms in total. The first-order chi connectivity index (χ1) is 15.4. The fourth-order valence-electron chi connectivity index (χ4n) is 3.39. The molecule has 1 fully saturated rings. The molecule has 3 aromatic rings. The van der Waals surface area contributed by atoms with Crippen molar-refractivity contribution < 1.29 is 23.1 Å². The number of halogens is 2. The van der Waals surface area contributed by atoms with E-state index in [1.54, 1.807) is 12.1 Å². The van der Waals surface area contributed by atoms with Crippen LogP contribution in [0.15, 0.2) is 55.1 Å². The van der Waals surface area contributed by atoms with E-state index in [-0.39, 0.29) is 23.4 Å². The van der Waals surface area contributed by atoms with Gasteiger partial charge in [-0.15, -0.1) is 0 Å². The normalized spacial score (nSPS) is 13.8. The van der Waals surface area contributed by atoms with Crippen molar-refractivity contribution >= 4 is 11.8 Å². The summed E-state index contributed by atoms with van der Waals surface area (Å²) >= 11 is 0. The van der Waals surface area contributed by atoms with Gasteiger partial charge < -0.3 is 15.4 Å². The maximum absolute atomic E-state index is 14.7. The summed E-state index contributed by atoms with van der Waals surface area (Å²) in [6, 6.07) is 8.84. The van der Waals surface area contributed by atoms with Gasteiger partial charge in [0.25, 0.3) is 5.91 Å². The third-order valence-electron chi connectivity index (χ3n) is 5.33. The minimum absolute atomic E-state index is 0.0307. The summed E-state index contributed by atoms with van der Waals surface area (Å²) in [6.45, 7) is -0.0582. The highest BCUT2D eigenvalue weighted by molar-refractivity contribution is 6.00. The highest BCUT2D eigenvalue weighted by Gasteiger charge is 2.51. The first-order valence-corrected chi connectivity index (χ1v) is 9.90. The average Bonchev–Trinajstić information content (AvgIpc) is 3.59. The number of methoxy groups -OCH3 is 1. The van der Waals surface area contributed by atoms with Crippen LogP contribution in [-0.4, -0.2) is 34.4 Å². The van der Waals surface area contributed by atoms with E-state index in [4.69, 9.17) is 4.74 Å². The van der Waals surface area contributed by atoms with E-state index < -0.39 is 29.0 Å². The molecule has 2 aromatic carbocycles. The van der Waals surface area contributed by atoms with E-state index in [0.29, 0.717) is 24.0 Å². The number of hydrogen-bond donors (Lipinski definition) is 2. The Bertz CT molecular complexity index is 1170. The quantitative estimate of drug-likeness (QED) is 0.592. The van der Waals surface area contributed by atoms with E-state index >= 15 is 0 Å². The zero-order valence-electron chi connectivity index (χ0n) is 17.2. The molecule has 2 N–H and O–H groups in total. The van der Waals surface area contributed by atoms with Gasteiger partial charge in [-0.05, 0) is 30.5 Å². The summed E-state index contributed by atoms with van der Waals surface area (Å²) in [5.41, 5.74) is 0.367. The largest absolute Gasteiger partial charge is 0.493 e. The number of carbonyl (C=O) groups is 2. The smallest absolute Gasteiger partial charge is 0.255 e. The van der Waals surface area contributed by atoms with E-state index in [9.17, 15) is 18.4 Å². The molecule has 0 atom stereocenters. The molecule has 1 heterocycles. The Kier molecular flexibility index (Phi) is 5.81. The third kappa shape index (κ3) is 4.27. The van der Waals surface area contributed by atoms with Gasteiger partial charge in [0.05, 0.1) is 12.7 Å². The lowest BCUT2D eigenvalue weighted by Crippen LogP contribution is -2.48. The number of carbonyl (C=O) groups excluding carboxylic acids is 2. The molecule has 2 amide bonds. The molecule has 0 saturated heterocycles. The van der Waals surface area contributed by atoms with Crippen molar-refractivity contribution in [1.29, 1.82) is 0 Å². The summed E-state index contributed by atoms with van der Waals surface area (Å²) < 4.78 is 33.7. The monoisotopic (exact) mass is 438 g/mol. The predicted molar refractivity (Wildman–Crippen MR) is 112 cm³/mol. The standard InChI is InChI=1S/C23H20F2N4O3/c1-32-20-17(3-2-4-18(20)24)14-5-6-15(19(25)9-14)12-28-22(31)23(7-8-23)29-21(30)16-10-26-13-27-11-16/h2-6,9-11,13H,7-8,12H2,1H3,(H,28,31)(H,29,30). The van der Waals surface area contributed by atoms with E-state index in [0.717, 1.165) is 0 Å². The van der Waals surface area contributed by atoms with Crippen LogP contribution in [0.5, 0.6) is 5.75 Å². The van der Waals surface area contributed by atoms with E-state index in [1.807, 2.05) is 0 Å². The number of nitrogens with one attached hydrogen (secondary N) is 2. The van der Waals surface area contributed by atoms with Crippen LogP contribution in [0.4, 0.5) is 8.78 Å². The molecule has 0 spiro atoms. The average molecular weight is 438 g/mol. The van der Waals surface area contributed by atoms with Crippen LogP contribution in [-0.2, 0) is 11.3 Å². The fraction of sp³-hybridized carbons (Fsp3) is 0.217. The van der Waals surface area contributed by atoms with Crippen molar-refractivity contribution in [3.05, 3.63) is 77.9 Å². The van der Waals surface area contributed by atoms with Crippen LogP contribution < -0.4 is 15.4 Å². The molecule has 164 valence electrons. The highest BCUT2D eigenvalue weighted by Crippen LogP contribution is 2.36. The Morgan fingerprint density at radius 2 is 1.84 bits per heavy atom. The lowest BCUT2D eigenvalue weighted by molar-refractivity contribution is -0.124. The molecule has 32 heavy (non-hydrogen) atoms. The molecule has 0 radical (unpaired) electrons. The number of para-hydroxylation sites is 1. The van der Waals surface area contributed by atoms with Gasteiger partial charge in [-0.3, -0.25) is 9.59 Å². The Morgan fingerprint density at radius 1 is 1.09 bits per heavy atom. The number of benzene rings is 2. The minimum Gasteiger partial charge on any atom is -0.493 e. The lowest BCUT2D eigenvalue weighted by Gasteiger charge is -2.17. The van der Waals surface area contributed by atoms with Crippen molar-refractivity contribution in [3.63, 3.8) is 0 Å². The van der Waals surface area contributed by atoms with Gasteiger partial charge in [-0.1, -0.05) is 24.3 Å². The Labute approximate surface area is 182 Å². The highest BCUT2D eigenvalue weighted by atomic mass is 19.1. The van der Waals surface area contributed by atoms with Crippen molar-refractivity contribution in [2.45, 2.75) is 24.9 Å². The molecule has 0 bridgehead atoms. The molecule has 4 rings (SSSR count). The molecular weight excluding hydrogens is 418 g/mol. The topological polar surface area (TPSA) is 93.2 Å². The molecule has 1 aliphatic rings. The van der Waals surface area contributed by atoms with Gasteiger partial charge in [0.15, 0.2) is 11.6 Å². The molecule has 1 aromatic heterocycles. The summed E-state index contributed by atoms with van der Waals surface area (Å²) in [6.07, 6.45) is 5.00. The maximum atomic E-state index is 14.7. The van der Waals surface area contributed by atoms with E-state index in [2.05, 4.69) is 20.6 Å². The molecule has 1 aliphatic carbocycles. The minimum atomic E-state index is -1.02. The number of amides is 2. The van der Waals surface area contributed by atoms with Crippen LogP contribution in [0.25, 0.3) is 11.1 Å². The van der Waals surface area contributed by atoms with Crippen molar-refractivity contribution in [2.24, 2.45) is 0 Å². The maximum Gasteiger partial charge on any atom is 0.255 e. The molecule has 9 heteroatoms. The van der Waals surface area contributed by atoms with E-state index in [1.165, 1.54) is 50.1 Å².